The van der Waals surface area contributed by atoms with Crippen molar-refractivity contribution in [2.45, 2.75) is 44.1 Å². The predicted octanol–water partition coefficient (Wildman–Crippen LogP) is 2.58. The van der Waals surface area contributed by atoms with Crippen molar-refractivity contribution in [2.24, 2.45) is 0 Å². The smallest absolute Gasteiger partial charge is 0.249 e. The molecular weight excluding hydrogens is 322 g/mol. The fourth-order valence-corrected chi connectivity index (χ4v) is 3.54. The molecule has 7 heteroatoms. The molecule has 5 rings (SSSR count). The second-order valence-electron chi connectivity index (χ2n) is 6.87. The first-order chi connectivity index (χ1) is 12.3. The van der Waals surface area contributed by atoms with Crippen LogP contribution in [0.3, 0.4) is 0 Å². The molecule has 3 heterocycles. The van der Waals surface area contributed by atoms with Crippen LogP contribution in [0.5, 0.6) is 11.5 Å². The lowest BCUT2D eigenvalue weighted by atomic mass is 10.1. The van der Waals surface area contributed by atoms with Crippen LogP contribution in [0.25, 0.3) is 0 Å². The summed E-state index contributed by atoms with van der Waals surface area (Å²) in [5, 5.41) is 4.09. The van der Waals surface area contributed by atoms with E-state index in [1.54, 1.807) is 0 Å². The quantitative estimate of drug-likeness (QED) is 0.850. The lowest BCUT2D eigenvalue weighted by Gasteiger charge is -2.22. The maximum absolute atomic E-state index is 12.8. The van der Waals surface area contributed by atoms with Gasteiger partial charge < -0.3 is 18.9 Å². The number of likely N-dealkylation sites (tertiary alicyclic amines) is 1. The van der Waals surface area contributed by atoms with E-state index in [1.165, 1.54) is 0 Å². The molecule has 0 unspecified atom stereocenters. The Kier molecular flexibility index (Phi) is 3.39. The Morgan fingerprint density at radius 2 is 2.08 bits per heavy atom. The van der Waals surface area contributed by atoms with Crippen LogP contribution in [-0.2, 0) is 11.2 Å². The molecule has 1 amide bonds. The van der Waals surface area contributed by atoms with E-state index < -0.39 is 0 Å². The van der Waals surface area contributed by atoms with Crippen molar-refractivity contribution in [2.75, 3.05) is 13.3 Å². The third kappa shape index (κ3) is 2.73. The van der Waals surface area contributed by atoms with Crippen LogP contribution >= 0.6 is 0 Å². The topological polar surface area (TPSA) is 77.7 Å². The Labute approximate surface area is 144 Å². The highest BCUT2D eigenvalue weighted by atomic mass is 16.7. The summed E-state index contributed by atoms with van der Waals surface area (Å²) in [5.41, 5.74) is 0.920. The van der Waals surface area contributed by atoms with Gasteiger partial charge in [-0.1, -0.05) is 11.2 Å². The number of rotatable bonds is 4. The molecule has 1 aliphatic carbocycles. The average Bonchev–Trinajstić information content (AvgIpc) is 3.06. The van der Waals surface area contributed by atoms with E-state index in [0.29, 0.717) is 24.0 Å². The molecule has 25 heavy (non-hydrogen) atoms. The number of nitrogens with zero attached hydrogens (tertiary/aromatic N) is 3. The van der Waals surface area contributed by atoms with E-state index in [1.807, 2.05) is 23.1 Å². The number of carbonyl (C=O) groups is 1. The number of carbonyl (C=O) groups excluding carboxylic acids is 1. The molecule has 1 atom stereocenters. The summed E-state index contributed by atoms with van der Waals surface area (Å²) in [4.78, 5) is 19.2. The van der Waals surface area contributed by atoms with Gasteiger partial charge in [0, 0.05) is 12.5 Å². The van der Waals surface area contributed by atoms with E-state index in [-0.39, 0.29) is 18.7 Å². The Bertz CT molecular complexity index is 814. The van der Waals surface area contributed by atoms with Gasteiger partial charge in [-0.15, -0.1) is 0 Å². The van der Waals surface area contributed by atoms with Gasteiger partial charge in [0.15, 0.2) is 17.3 Å². The van der Waals surface area contributed by atoms with E-state index in [9.17, 15) is 4.79 Å². The average molecular weight is 341 g/mol. The molecule has 130 valence electrons. The molecule has 2 aliphatic heterocycles. The molecule has 1 saturated heterocycles. The van der Waals surface area contributed by atoms with Crippen LogP contribution in [0.4, 0.5) is 0 Å². The van der Waals surface area contributed by atoms with Crippen molar-refractivity contribution in [1.82, 2.24) is 15.0 Å². The van der Waals surface area contributed by atoms with Crippen LogP contribution < -0.4 is 9.47 Å². The number of amides is 1. The SMILES string of the molecule is O=C(Cc1ccc2c(c1)OCO2)N1CCC[C@H]1c1nc(C2CC2)no1. The first-order valence-corrected chi connectivity index (χ1v) is 8.79. The lowest BCUT2D eigenvalue weighted by molar-refractivity contribution is -0.131. The molecule has 0 radical (unpaired) electrons. The molecule has 0 bridgehead atoms. The van der Waals surface area contributed by atoms with Crippen LogP contribution in [-0.4, -0.2) is 34.3 Å². The van der Waals surface area contributed by atoms with Crippen LogP contribution in [0.1, 0.15) is 54.9 Å². The van der Waals surface area contributed by atoms with E-state index >= 15 is 0 Å². The monoisotopic (exact) mass is 341 g/mol. The Morgan fingerprint density at radius 3 is 2.96 bits per heavy atom. The number of aromatic nitrogens is 2. The minimum Gasteiger partial charge on any atom is -0.454 e. The summed E-state index contributed by atoms with van der Waals surface area (Å²) in [7, 11) is 0. The summed E-state index contributed by atoms with van der Waals surface area (Å²) in [6, 6.07) is 5.55. The molecule has 2 fully saturated rings. The summed E-state index contributed by atoms with van der Waals surface area (Å²) < 4.78 is 16.2. The van der Waals surface area contributed by atoms with E-state index in [4.69, 9.17) is 14.0 Å². The number of benzene rings is 1. The highest BCUT2D eigenvalue weighted by Gasteiger charge is 2.36. The highest BCUT2D eigenvalue weighted by molar-refractivity contribution is 5.79. The maximum atomic E-state index is 12.8. The van der Waals surface area contributed by atoms with Gasteiger partial charge in [-0.3, -0.25) is 4.79 Å². The third-order valence-electron chi connectivity index (χ3n) is 5.05. The minimum atomic E-state index is -0.0958. The first kappa shape index (κ1) is 14.7. The van der Waals surface area contributed by atoms with Crippen molar-refractivity contribution < 1.29 is 18.8 Å². The minimum absolute atomic E-state index is 0.0764. The van der Waals surface area contributed by atoms with Crippen molar-refractivity contribution in [3.05, 3.63) is 35.5 Å². The molecule has 7 nitrogen and oxygen atoms in total. The molecule has 2 aromatic rings. The van der Waals surface area contributed by atoms with Gasteiger partial charge >= 0.3 is 0 Å². The summed E-state index contributed by atoms with van der Waals surface area (Å²) in [5.74, 6) is 3.34. The van der Waals surface area contributed by atoms with Gasteiger partial charge in [0.25, 0.3) is 0 Å². The number of hydrogen-bond acceptors (Lipinski definition) is 6. The van der Waals surface area contributed by atoms with Crippen LogP contribution in [0, 0.1) is 0 Å². The van der Waals surface area contributed by atoms with Gasteiger partial charge in [-0.25, -0.2) is 0 Å². The van der Waals surface area contributed by atoms with E-state index in [0.717, 1.165) is 49.4 Å². The van der Waals surface area contributed by atoms with Gasteiger partial charge in [0.05, 0.1) is 6.42 Å². The predicted molar refractivity (Wildman–Crippen MR) is 86.2 cm³/mol. The largest absolute Gasteiger partial charge is 0.454 e. The number of ether oxygens (including phenoxy) is 2. The number of fused-ring (bicyclic) bond motifs is 1. The van der Waals surface area contributed by atoms with Crippen molar-refractivity contribution in [3.63, 3.8) is 0 Å². The van der Waals surface area contributed by atoms with E-state index in [2.05, 4.69) is 10.1 Å². The summed E-state index contributed by atoms with van der Waals surface area (Å²) in [6.45, 7) is 0.969. The molecule has 3 aliphatic rings. The zero-order valence-corrected chi connectivity index (χ0v) is 13.8. The summed E-state index contributed by atoms with van der Waals surface area (Å²) in [6.07, 6.45) is 4.43. The van der Waals surface area contributed by atoms with Gasteiger partial charge in [-0.05, 0) is 43.4 Å². The first-order valence-electron chi connectivity index (χ1n) is 8.79. The fourth-order valence-electron chi connectivity index (χ4n) is 3.54. The Balaban J connectivity index is 1.31. The standard InChI is InChI=1S/C18H19N3O4/c22-16(9-11-3-6-14-15(8-11)24-10-23-14)21-7-1-2-13(21)18-19-17(20-25-18)12-4-5-12/h3,6,8,12-13H,1-2,4-5,7,9-10H2/t13-/m0/s1. The molecular formula is C18H19N3O4. The van der Waals surface area contributed by atoms with Crippen LogP contribution in [0.15, 0.2) is 22.7 Å². The highest BCUT2D eigenvalue weighted by Crippen LogP contribution is 2.40. The Hall–Kier alpha value is -2.57. The second kappa shape index (κ2) is 5.75. The molecule has 0 spiro atoms. The van der Waals surface area contributed by atoms with Gasteiger partial charge in [0.2, 0.25) is 18.6 Å². The molecule has 0 N–H and O–H groups in total. The second-order valence-corrected chi connectivity index (χ2v) is 6.87. The molecule has 1 aromatic heterocycles. The molecule has 1 aromatic carbocycles. The van der Waals surface area contributed by atoms with Gasteiger partial charge in [0.1, 0.15) is 6.04 Å². The van der Waals surface area contributed by atoms with Gasteiger partial charge in [-0.2, -0.15) is 4.98 Å². The zero-order chi connectivity index (χ0) is 16.8. The summed E-state index contributed by atoms with van der Waals surface area (Å²) >= 11 is 0. The zero-order valence-electron chi connectivity index (χ0n) is 13.8. The fraction of sp³-hybridized carbons (Fsp3) is 0.500. The number of hydrogen-bond donors (Lipinski definition) is 0. The van der Waals surface area contributed by atoms with Crippen LogP contribution in [0.2, 0.25) is 0 Å². The normalized spacial score (nSPS) is 21.8. The van der Waals surface area contributed by atoms with Crippen molar-refractivity contribution in [3.8, 4) is 11.5 Å². The molecule has 1 saturated carbocycles. The van der Waals surface area contributed by atoms with Crippen molar-refractivity contribution >= 4 is 5.91 Å². The Morgan fingerprint density at radius 1 is 1.20 bits per heavy atom. The van der Waals surface area contributed by atoms with Crippen molar-refractivity contribution in [1.29, 1.82) is 0 Å². The third-order valence-corrected chi connectivity index (χ3v) is 5.05. The lowest BCUT2D eigenvalue weighted by Crippen LogP contribution is -2.32. The maximum Gasteiger partial charge on any atom is 0.249 e.